The molecule has 1 fully saturated rings. The molecule has 0 heterocycles. The number of hydrogen-bond acceptors (Lipinski definition) is 3. The van der Waals surface area contributed by atoms with Crippen molar-refractivity contribution in [1.29, 1.82) is 0 Å². The summed E-state index contributed by atoms with van der Waals surface area (Å²) in [6.07, 6.45) is 0.203. The maximum absolute atomic E-state index is 14.5. The molecule has 0 bridgehead atoms. The summed E-state index contributed by atoms with van der Waals surface area (Å²) >= 11 is 17.5. The second-order valence-corrected chi connectivity index (χ2v) is 8.67. The molecule has 164 valence electrons. The van der Waals surface area contributed by atoms with Crippen LogP contribution in [0.4, 0.5) is 30.2 Å². The van der Waals surface area contributed by atoms with Crippen LogP contribution >= 0.6 is 34.8 Å². The molecule has 6 nitrogen and oxygen atoms in total. The second-order valence-electron chi connectivity index (χ2n) is 6.75. The zero-order valence-electron chi connectivity index (χ0n) is 15.6. The molecule has 1 unspecified atom stereocenters. The first-order valence-electron chi connectivity index (χ1n) is 8.65. The average molecular weight is 495 g/mol. The van der Waals surface area contributed by atoms with Gasteiger partial charge in [0.25, 0.3) is 5.91 Å². The van der Waals surface area contributed by atoms with Gasteiger partial charge < -0.3 is 16.0 Å². The molecule has 3 amide bonds. The lowest BCUT2D eigenvalue weighted by Gasteiger charge is -2.13. The summed E-state index contributed by atoms with van der Waals surface area (Å²) in [5.41, 5.74) is -1.90. The summed E-state index contributed by atoms with van der Waals surface area (Å²) in [5, 5.41) is 5.82. The minimum absolute atomic E-state index is 0.138. The quantitative estimate of drug-likeness (QED) is 0.506. The number of carbonyl (C=O) groups is 3. The van der Waals surface area contributed by atoms with E-state index >= 15 is 0 Å². The highest BCUT2D eigenvalue weighted by atomic mass is 35.5. The van der Waals surface area contributed by atoms with Gasteiger partial charge in [-0.2, -0.15) is 0 Å². The average Bonchev–Trinajstić information content (AvgIpc) is 3.32. The molecule has 31 heavy (non-hydrogen) atoms. The van der Waals surface area contributed by atoms with Crippen molar-refractivity contribution in [3.63, 3.8) is 0 Å². The van der Waals surface area contributed by atoms with Crippen LogP contribution < -0.4 is 16.0 Å². The summed E-state index contributed by atoms with van der Waals surface area (Å²) < 4.78 is 41.6. The van der Waals surface area contributed by atoms with Crippen molar-refractivity contribution < 1.29 is 27.6 Å². The van der Waals surface area contributed by atoms with Gasteiger partial charge in [0.1, 0.15) is 21.7 Å². The van der Waals surface area contributed by atoms with E-state index in [2.05, 4.69) is 10.6 Å². The Bertz CT molecular complexity index is 1110. The van der Waals surface area contributed by atoms with Crippen LogP contribution in [0.2, 0.25) is 5.02 Å². The van der Waals surface area contributed by atoms with E-state index in [9.17, 15) is 27.6 Å². The van der Waals surface area contributed by atoms with Crippen LogP contribution in [-0.2, 0) is 9.59 Å². The predicted molar refractivity (Wildman–Crippen MR) is 111 cm³/mol. The topological polar surface area (TPSA) is 87.3 Å². The van der Waals surface area contributed by atoms with Crippen molar-refractivity contribution >= 4 is 69.6 Å². The van der Waals surface area contributed by atoms with E-state index in [1.807, 2.05) is 5.32 Å². The van der Waals surface area contributed by atoms with Crippen LogP contribution in [0.25, 0.3) is 0 Å². The molecule has 2 aromatic carbocycles. The Hall–Kier alpha value is -2.49. The molecule has 3 rings (SSSR count). The van der Waals surface area contributed by atoms with Crippen LogP contribution in [0.5, 0.6) is 0 Å². The third-order valence-corrected chi connectivity index (χ3v) is 5.54. The fourth-order valence-electron chi connectivity index (χ4n) is 2.69. The Kier molecular flexibility index (Phi) is 6.40. The first kappa shape index (κ1) is 23.2. The molecule has 1 atom stereocenters. The Labute approximate surface area is 189 Å². The van der Waals surface area contributed by atoms with Crippen molar-refractivity contribution in [2.75, 3.05) is 16.0 Å². The van der Waals surface area contributed by atoms with Gasteiger partial charge in [0, 0.05) is 12.6 Å². The highest BCUT2D eigenvalue weighted by Gasteiger charge is 2.56. The standard InChI is InChI=1S/C19H13Cl3F3N3O3/c1-7(29)26-13-3-2-11(23)16(15(13)25)28-17(30)9-4-8(5-12(24)14(9)20)27-18(31)10-6-19(10,21)22/h2-5,10H,6H2,1H3,(H,26,29)(H,27,31)(H,28,30). The number of hydrogen-bond donors (Lipinski definition) is 3. The van der Waals surface area contributed by atoms with Crippen molar-refractivity contribution in [1.82, 2.24) is 0 Å². The van der Waals surface area contributed by atoms with E-state index in [1.54, 1.807) is 0 Å². The molecule has 3 N–H and O–H groups in total. The van der Waals surface area contributed by atoms with Gasteiger partial charge in [0.2, 0.25) is 11.8 Å². The molecular weight excluding hydrogens is 482 g/mol. The fraction of sp³-hybridized carbons (Fsp3) is 0.211. The third kappa shape index (κ3) is 5.06. The van der Waals surface area contributed by atoms with Gasteiger partial charge in [-0.1, -0.05) is 11.6 Å². The normalized spacial score (nSPS) is 16.4. The van der Waals surface area contributed by atoms with E-state index in [4.69, 9.17) is 34.8 Å². The van der Waals surface area contributed by atoms with Gasteiger partial charge in [-0.25, -0.2) is 13.2 Å². The number of alkyl halides is 2. The maximum atomic E-state index is 14.5. The second kappa shape index (κ2) is 8.57. The smallest absolute Gasteiger partial charge is 0.257 e. The number of rotatable bonds is 5. The molecule has 0 spiro atoms. The Morgan fingerprint density at radius 1 is 1.03 bits per heavy atom. The summed E-state index contributed by atoms with van der Waals surface area (Å²) in [6.45, 7) is 1.11. The van der Waals surface area contributed by atoms with Crippen LogP contribution in [0.3, 0.4) is 0 Å². The lowest BCUT2D eigenvalue weighted by atomic mass is 10.1. The van der Waals surface area contributed by atoms with E-state index in [0.717, 1.165) is 31.2 Å². The Morgan fingerprint density at radius 2 is 1.68 bits per heavy atom. The van der Waals surface area contributed by atoms with Crippen LogP contribution in [-0.4, -0.2) is 22.1 Å². The number of nitrogens with one attached hydrogen (secondary N) is 3. The van der Waals surface area contributed by atoms with Gasteiger partial charge in [-0.3, -0.25) is 14.4 Å². The minimum Gasteiger partial charge on any atom is -0.326 e. The van der Waals surface area contributed by atoms with Crippen LogP contribution in [0.1, 0.15) is 23.7 Å². The minimum atomic E-state index is -1.25. The third-order valence-electron chi connectivity index (χ3n) is 4.32. The van der Waals surface area contributed by atoms with E-state index in [0.29, 0.717) is 0 Å². The SMILES string of the molecule is CC(=O)Nc1ccc(F)c(NC(=O)c2cc(NC(=O)C3CC3(Cl)Cl)cc(F)c2Cl)c1F. The fourth-order valence-corrected chi connectivity index (χ4v) is 3.39. The van der Waals surface area contributed by atoms with E-state index in [-0.39, 0.29) is 17.8 Å². The van der Waals surface area contributed by atoms with Gasteiger partial charge in [0.05, 0.1) is 22.2 Å². The number of halogens is 6. The summed E-state index contributed by atoms with van der Waals surface area (Å²) in [4.78, 5) is 35.8. The molecule has 1 saturated carbocycles. The lowest BCUT2D eigenvalue weighted by Crippen LogP contribution is -2.19. The molecular formula is C19H13Cl3F3N3O3. The first-order chi connectivity index (χ1) is 14.4. The Morgan fingerprint density at radius 3 is 2.26 bits per heavy atom. The van der Waals surface area contributed by atoms with E-state index in [1.165, 1.54) is 0 Å². The highest BCUT2D eigenvalue weighted by molar-refractivity contribution is 6.52. The molecule has 0 aromatic heterocycles. The maximum Gasteiger partial charge on any atom is 0.257 e. The first-order valence-corrected chi connectivity index (χ1v) is 9.78. The van der Waals surface area contributed by atoms with Gasteiger partial charge in [0.15, 0.2) is 5.82 Å². The van der Waals surface area contributed by atoms with Crippen LogP contribution in [0.15, 0.2) is 24.3 Å². The van der Waals surface area contributed by atoms with Crippen molar-refractivity contribution in [3.05, 3.63) is 52.3 Å². The summed E-state index contributed by atoms with van der Waals surface area (Å²) in [5.74, 6) is -6.55. The Balaban J connectivity index is 1.87. The number of amides is 3. The summed E-state index contributed by atoms with van der Waals surface area (Å²) in [6, 6.07) is 3.68. The van der Waals surface area contributed by atoms with E-state index < -0.39 is 61.7 Å². The largest absolute Gasteiger partial charge is 0.326 e. The van der Waals surface area contributed by atoms with Gasteiger partial charge in [-0.15, -0.1) is 23.2 Å². The van der Waals surface area contributed by atoms with Crippen LogP contribution in [0, 0.1) is 23.4 Å². The zero-order valence-corrected chi connectivity index (χ0v) is 17.9. The number of benzene rings is 2. The van der Waals surface area contributed by atoms with Crippen molar-refractivity contribution in [2.45, 2.75) is 17.7 Å². The van der Waals surface area contributed by atoms with Gasteiger partial charge >= 0.3 is 0 Å². The molecule has 1 aliphatic carbocycles. The zero-order chi connectivity index (χ0) is 23.1. The molecule has 12 heteroatoms. The molecule has 1 aliphatic rings. The monoisotopic (exact) mass is 493 g/mol. The molecule has 2 aromatic rings. The number of anilines is 3. The van der Waals surface area contributed by atoms with Crippen molar-refractivity contribution in [2.24, 2.45) is 5.92 Å². The predicted octanol–water partition coefficient (Wildman–Crippen LogP) is 5.10. The molecule has 0 aliphatic heterocycles. The molecule has 0 radical (unpaired) electrons. The highest BCUT2D eigenvalue weighted by Crippen LogP contribution is 2.53. The molecule has 0 saturated heterocycles. The van der Waals surface area contributed by atoms with Crippen molar-refractivity contribution in [3.8, 4) is 0 Å². The lowest BCUT2D eigenvalue weighted by molar-refractivity contribution is -0.117. The summed E-state index contributed by atoms with van der Waals surface area (Å²) in [7, 11) is 0. The number of carbonyl (C=O) groups excluding carboxylic acids is 3. The van der Waals surface area contributed by atoms with Gasteiger partial charge in [-0.05, 0) is 30.7 Å².